The van der Waals surface area contributed by atoms with Gasteiger partial charge < -0.3 is 9.47 Å². The first-order valence-electron chi connectivity index (χ1n) is 4.40. The van der Waals surface area contributed by atoms with Crippen molar-refractivity contribution in [2.75, 3.05) is 12.4 Å². The van der Waals surface area contributed by atoms with Gasteiger partial charge in [0.25, 0.3) is 0 Å². The molecule has 1 heterocycles. The molecule has 17 heavy (non-hydrogen) atoms. The summed E-state index contributed by atoms with van der Waals surface area (Å²) in [4.78, 5) is 14.4. The Balaban J connectivity index is 2.99. The molecule has 8 heteroatoms. The number of aryl methyl sites for hydroxylation is 1. The molecule has 1 rings (SSSR count). The molecule has 94 valence electrons. The Hall–Kier alpha value is -1.99. The summed E-state index contributed by atoms with van der Waals surface area (Å²) in [5.74, 6) is -0.733. The minimum absolute atomic E-state index is 0.222. The molecule has 0 radical (unpaired) electrons. The summed E-state index contributed by atoms with van der Waals surface area (Å²) < 4.78 is 44.1. The number of carbonyl (C=O) groups excluding carboxylic acids is 1. The molecule has 0 aliphatic rings. The molecule has 0 saturated carbocycles. The number of nitrogens with zero attached hydrogens (tertiary/aromatic N) is 1. The summed E-state index contributed by atoms with van der Waals surface area (Å²) in [6.45, 7) is 1.49. The van der Waals surface area contributed by atoms with Crippen LogP contribution in [-0.4, -0.2) is 24.5 Å². The molecule has 0 aromatic carbocycles. The standard InChI is InChI=1S/C9H9F3N2O3/c1-5-3-4-6(14-8(15)16-2)7(13-5)17-9(10,11)12/h3-4H,1-2H3,(H,14,15). The van der Waals surface area contributed by atoms with Crippen LogP contribution in [0.3, 0.4) is 0 Å². The van der Waals surface area contributed by atoms with Gasteiger partial charge in [-0.3, -0.25) is 5.32 Å². The van der Waals surface area contributed by atoms with E-state index in [-0.39, 0.29) is 5.69 Å². The van der Waals surface area contributed by atoms with Crippen LogP contribution in [0.4, 0.5) is 23.7 Å². The Labute approximate surface area is 94.5 Å². The van der Waals surface area contributed by atoms with E-state index in [4.69, 9.17) is 0 Å². The third-order valence-electron chi connectivity index (χ3n) is 1.63. The third kappa shape index (κ3) is 4.17. The molecule has 0 fully saturated rings. The molecule has 1 amide bonds. The van der Waals surface area contributed by atoms with Crippen molar-refractivity contribution >= 4 is 11.8 Å². The Morgan fingerprint density at radius 2 is 2.06 bits per heavy atom. The number of methoxy groups -OCH3 is 1. The number of anilines is 1. The van der Waals surface area contributed by atoms with Crippen LogP contribution in [-0.2, 0) is 4.74 Å². The van der Waals surface area contributed by atoms with Crippen LogP contribution in [0.15, 0.2) is 12.1 Å². The van der Waals surface area contributed by atoms with Gasteiger partial charge in [-0.15, -0.1) is 13.2 Å². The number of amides is 1. The summed E-state index contributed by atoms with van der Waals surface area (Å²) >= 11 is 0. The lowest BCUT2D eigenvalue weighted by atomic mass is 10.3. The average molecular weight is 250 g/mol. The van der Waals surface area contributed by atoms with Crippen LogP contribution >= 0.6 is 0 Å². The highest BCUT2D eigenvalue weighted by atomic mass is 19.4. The second-order valence-corrected chi connectivity index (χ2v) is 2.97. The molecule has 0 spiro atoms. The van der Waals surface area contributed by atoms with E-state index in [0.717, 1.165) is 7.11 Å². The van der Waals surface area contributed by atoms with Crippen molar-refractivity contribution < 1.29 is 27.4 Å². The molecule has 0 saturated heterocycles. The first-order chi connectivity index (χ1) is 7.81. The van der Waals surface area contributed by atoms with Crippen molar-refractivity contribution in [1.29, 1.82) is 0 Å². The fraction of sp³-hybridized carbons (Fsp3) is 0.333. The zero-order valence-electron chi connectivity index (χ0n) is 8.96. The predicted octanol–water partition coefficient (Wildman–Crippen LogP) is 2.47. The topological polar surface area (TPSA) is 60.5 Å². The molecule has 0 unspecified atom stereocenters. The number of rotatable bonds is 2. The van der Waals surface area contributed by atoms with Gasteiger partial charge in [-0.25, -0.2) is 9.78 Å². The van der Waals surface area contributed by atoms with Crippen LogP contribution in [0.2, 0.25) is 0 Å². The maximum atomic E-state index is 12.1. The lowest BCUT2D eigenvalue weighted by Gasteiger charge is -2.12. The molecule has 1 N–H and O–H groups in total. The summed E-state index contributed by atoms with van der Waals surface area (Å²) in [6, 6.07) is 2.66. The van der Waals surface area contributed by atoms with Crippen molar-refractivity contribution in [3.05, 3.63) is 17.8 Å². The number of nitrogens with one attached hydrogen (secondary N) is 1. The number of carbonyl (C=O) groups is 1. The molecular formula is C9H9F3N2O3. The van der Waals surface area contributed by atoms with Gasteiger partial charge in [0.1, 0.15) is 5.69 Å². The number of aromatic nitrogens is 1. The van der Waals surface area contributed by atoms with Crippen LogP contribution < -0.4 is 10.1 Å². The molecule has 5 nitrogen and oxygen atoms in total. The number of ether oxygens (including phenoxy) is 2. The van der Waals surface area contributed by atoms with Gasteiger partial charge in [-0.05, 0) is 19.1 Å². The number of pyridine rings is 1. The number of alkyl halides is 3. The normalized spacial score (nSPS) is 10.9. The van der Waals surface area contributed by atoms with E-state index >= 15 is 0 Å². The Morgan fingerprint density at radius 1 is 1.41 bits per heavy atom. The highest BCUT2D eigenvalue weighted by molar-refractivity contribution is 5.86. The molecule has 0 aliphatic carbocycles. The highest BCUT2D eigenvalue weighted by Crippen LogP contribution is 2.28. The SMILES string of the molecule is COC(=O)Nc1ccc(C)nc1OC(F)(F)F. The summed E-state index contributed by atoms with van der Waals surface area (Å²) in [5.41, 5.74) is 0.0967. The number of halogens is 3. The summed E-state index contributed by atoms with van der Waals surface area (Å²) in [7, 11) is 1.08. The minimum atomic E-state index is -4.88. The smallest absolute Gasteiger partial charge is 0.453 e. The van der Waals surface area contributed by atoms with Crippen LogP contribution in [0, 0.1) is 6.92 Å². The lowest BCUT2D eigenvalue weighted by Crippen LogP contribution is -2.20. The maximum absolute atomic E-state index is 12.1. The van der Waals surface area contributed by atoms with Gasteiger partial charge in [0, 0.05) is 5.69 Å². The zero-order chi connectivity index (χ0) is 13.1. The van der Waals surface area contributed by atoms with Crippen molar-refractivity contribution in [3.8, 4) is 5.88 Å². The van der Waals surface area contributed by atoms with E-state index in [1.165, 1.54) is 19.1 Å². The molecule has 1 aromatic heterocycles. The van der Waals surface area contributed by atoms with Gasteiger partial charge in [-0.1, -0.05) is 0 Å². The Bertz CT molecular complexity index is 420. The fourth-order valence-electron chi connectivity index (χ4n) is 0.976. The van der Waals surface area contributed by atoms with Gasteiger partial charge in [0.15, 0.2) is 0 Å². The van der Waals surface area contributed by atoms with Crippen molar-refractivity contribution in [2.24, 2.45) is 0 Å². The van der Waals surface area contributed by atoms with E-state index in [9.17, 15) is 18.0 Å². The second kappa shape index (κ2) is 4.89. The molecule has 0 bridgehead atoms. The number of hydrogen-bond acceptors (Lipinski definition) is 4. The predicted molar refractivity (Wildman–Crippen MR) is 51.7 cm³/mol. The summed E-state index contributed by atoms with van der Waals surface area (Å²) in [6.07, 6.45) is -5.80. The third-order valence-corrected chi connectivity index (χ3v) is 1.63. The van der Waals surface area contributed by atoms with Crippen LogP contribution in [0.1, 0.15) is 5.69 Å². The molecule has 1 aromatic rings. The Kier molecular flexibility index (Phi) is 3.77. The van der Waals surface area contributed by atoms with E-state index in [2.05, 4.69) is 19.8 Å². The van der Waals surface area contributed by atoms with Crippen molar-refractivity contribution in [3.63, 3.8) is 0 Å². The first-order valence-corrected chi connectivity index (χ1v) is 4.40. The summed E-state index contributed by atoms with van der Waals surface area (Å²) in [5, 5.41) is 2.06. The van der Waals surface area contributed by atoms with Crippen LogP contribution in [0.25, 0.3) is 0 Å². The molecule has 0 aliphatic heterocycles. The minimum Gasteiger partial charge on any atom is -0.453 e. The van der Waals surface area contributed by atoms with Gasteiger partial charge >= 0.3 is 12.5 Å². The van der Waals surface area contributed by atoms with E-state index < -0.39 is 18.3 Å². The van der Waals surface area contributed by atoms with Crippen molar-refractivity contribution in [2.45, 2.75) is 13.3 Å². The zero-order valence-corrected chi connectivity index (χ0v) is 8.96. The van der Waals surface area contributed by atoms with Crippen LogP contribution in [0.5, 0.6) is 5.88 Å². The van der Waals surface area contributed by atoms with Gasteiger partial charge in [0.2, 0.25) is 5.88 Å². The molecular weight excluding hydrogens is 241 g/mol. The van der Waals surface area contributed by atoms with E-state index in [1.54, 1.807) is 0 Å². The van der Waals surface area contributed by atoms with E-state index in [1.807, 2.05) is 0 Å². The quantitative estimate of drug-likeness (QED) is 0.875. The van der Waals surface area contributed by atoms with Gasteiger partial charge in [0.05, 0.1) is 7.11 Å². The highest BCUT2D eigenvalue weighted by Gasteiger charge is 2.33. The number of hydrogen-bond donors (Lipinski definition) is 1. The first kappa shape index (κ1) is 13.1. The Morgan fingerprint density at radius 3 is 2.59 bits per heavy atom. The maximum Gasteiger partial charge on any atom is 0.574 e. The van der Waals surface area contributed by atoms with Gasteiger partial charge in [-0.2, -0.15) is 0 Å². The molecule has 0 atom stereocenters. The fourth-order valence-corrected chi connectivity index (χ4v) is 0.976. The second-order valence-electron chi connectivity index (χ2n) is 2.97. The lowest BCUT2D eigenvalue weighted by molar-refractivity contribution is -0.275. The monoisotopic (exact) mass is 250 g/mol. The van der Waals surface area contributed by atoms with E-state index in [0.29, 0.717) is 5.69 Å². The average Bonchev–Trinajstić information content (AvgIpc) is 2.19. The van der Waals surface area contributed by atoms with Crippen molar-refractivity contribution in [1.82, 2.24) is 4.98 Å². The largest absolute Gasteiger partial charge is 0.574 e.